The Labute approximate surface area is 96.4 Å². The largest absolute Gasteiger partial charge is 0.378 e. The molecule has 0 amide bonds. The number of nitrogens with zero attached hydrogens (tertiary/aromatic N) is 2. The van der Waals surface area contributed by atoms with Crippen molar-refractivity contribution in [3.63, 3.8) is 0 Å². The van der Waals surface area contributed by atoms with Crippen molar-refractivity contribution in [2.24, 2.45) is 0 Å². The minimum Gasteiger partial charge on any atom is -0.378 e. The number of aryl methyl sites for hydroxylation is 1. The molecule has 0 saturated carbocycles. The monoisotopic (exact) mass is 221 g/mol. The smallest absolute Gasteiger partial charge is 0.133 e. The molecule has 0 aliphatic carbocycles. The van der Waals surface area contributed by atoms with E-state index < -0.39 is 0 Å². The molecular formula is C12H19N3O. The van der Waals surface area contributed by atoms with Crippen molar-refractivity contribution in [2.75, 3.05) is 19.0 Å². The summed E-state index contributed by atoms with van der Waals surface area (Å²) < 4.78 is 5.60. The second-order valence-electron chi connectivity index (χ2n) is 4.10. The maximum Gasteiger partial charge on any atom is 0.133 e. The van der Waals surface area contributed by atoms with Gasteiger partial charge in [0.05, 0.1) is 6.10 Å². The molecule has 1 atom stereocenters. The number of aromatic nitrogens is 2. The molecule has 1 unspecified atom stereocenters. The number of anilines is 1. The number of nitrogens with one attached hydrogen (secondary N) is 1. The Bertz CT molecular complexity index is 326. The first-order valence-electron chi connectivity index (χ1n) is 5.98. The van der Waals surface area contributed by atoms with Crippen LogP contribution in [-0.2, 0) is 17.6 Å². The van der Waals surface area contributed by atoms with E-state index in [1.165, 1.54) is 0 Å². The standard InChI is InChI=1S/C12H19N3O/c1-3-9-7-11(13-2)15-12(14-9)8-10-5-4-6-16-10/h7,10H,3-6,8H2,1-2H3,(H,13,14,15). The fourth-order valence-corrected chi connectivity index (χ4v) is 1.96. The zero-order valence-corrected chi connectivity index (χ0v) is 9.99. The molecule has 88 valence electrons. The highest BCUT2D eigenvalue weighted by molar-refractivity contribution is 5.35. The van der Waals surface area contributed by atoms with E-state index in [4.69, 9.17) is 4.74 Å². The zero-order chi connectivity index (χ0) is 11.4. The van der Waals surface area contributed by atoms with Crippen LogP contribution in [0.3, 0.4) is 0 Å². The van der Waals surface area contributed by atoms with E-state index in [0.717, 1.165) is 49.6 Å². The van der Waals surface area contributed by atoms with Crippen molar-refractivity contribution < 1.29 is 4.74 Å². The molecule has 1 aromatic heterocycles. The molecule has 4 heteroatoms. The minimum absolute atomic E-state index is 0.316. The van der Waals surface area contributed by atoms with Crippen LogP contribution < -0.4 is 5.32 Å². The van der Waals surface area contributed by atoms with Crippen molar-refractivity contribution in [3.05, 3.63) is 17.6 Å². The van der Waals surface area contributed by atoms with Crippen molar-refractivity contribution in [2.45, 2.75) is 38.7 Å². The Hall–Kier alpha value is -1.16. The SMILES string of the molecule is CCc1cc(NC)nc(CC2CCCO2)n1. The summed E-state index contributed by atoms with van der Waals surface area (Å²) in [5.74, 6) is 1.80. The van der Waals surface area contributed by atoms with Gasteiger partial charge in [0.1, 0.15) is 11.6 Å². The van der Waals surface area contributed by atoms with Gasteiger partial charge >= 0.3 is 0 Å². The molecule has 16 heavy (non-hydrogen) atoms. The summed E-state index contributed by atoms with van der Waals surface area (Å²) in [7, 11) is 1.89. The maximum absolute atomic E-state index is 5.60. The third-order valence-corrected chi connectivity index (χ3v) is 2.88. The zero-order valence-electron chi connectivity index (χ0n) is 9.99. The Morgan fingerprint density at radius 2 is 2.38 bits per heavy atom. The lowest BCUT2D eigenvalue weighted by Crippen LogP contribution is -2.13. The van der Waals surface area contributed by atoms with Gasteiger partial charge in [0.25, 0.3) is 0 Å². The first kappa shape index (κ1) is 11.3. The lowest BCUT2D eigenvalue weighted by molar-refractivity contribution is 0.110. The van der Waals surface area contributed by atoms with E-state index in [1.807, 2.05) is 13.1 Å². The fourth-order valence-electron chi connectivity index (χ4n) is 1.96. The van der Waals surface area contributed by atoms with E-state index >= 15 is 0 Å². The molecule has 2 heterocycles. The highest BCUT2D eigenvalue weighted by Crippen LogP contribution is 2.16. The van der Waals surface area contributed by atoms with Crippen LogP contribution in [0.2, 0.25) is 0 Å². The van der Waals surface area contributed by atoms with Gasteiger partial charge in [-0.15, -0.1) is 0 Å². The third kappa shape index (κ3) is 2.70. The third-order valence-electron chi connectivity index (χ3n) is 2.88. The number of hydrogen-bond acceptors (Lipinski definition) is 4. The quantitative estimate of drug-likeness (QED) is 0.842. The minimum atomic E-state index is 0.316. The van der Waals surface area contributed by atoms with Gasteiger partial charge in [-0.25, -0.2) is 9.97 Å². The summed E-state index contributed by atoms with van der Waals surface area (Å²) in [5.41, 5.74) is 1.09. The first-order valence-corrected chi connectivity index (χ1v) is 5.98. The van der Waals surface area contributed by atoms with E-state index in [2.05, 4.69) is 22.2 Å². The second kappa shape index (κ2) is 5.25. The molecule has 2 rings (SSSR count). The topological polar surface area (TPSA) is 47.0 Å². The molecule has 1 aromatic rings. The van der Waals surface area contributed by atoms with Gasteiger partial charge in [0.2, 0.25) is 0 Å². The highest BCUT2D eigenvalue weighted by Gasteiger charge is 2.17. The molecular weight excluding hydrogens is 202 g/mol. The lowest BCUT2D eigenvalue weighted by atomic mass is 10.1. The molecule has 0 spiro atoms. The van der Waals surface area contributed by atoms with Crippen molar-refractivity contribution >= 4 is 5.82 Å². The lowest BCUT2D eigenvalue weighted by Gasteiger charge is -2.10. The number of hydrogen-bond donors (Lipinski definition) is 1. The predicted molar refractivity (Wildman–Crippen MR) is 63.6 cm³/mol. The number of rotatable bonds is 4. The molecule has 4 nitrogen and oxygen atoms in total. The van der Waals surface area contributed by atoms with Crippen LogP contribution in [0.25, 0.3) is 0 Å². The first-order chi connectivity index (χ1) is 7.81. The predicted octanol–water partition coefficient (Wildman–Crippen LogP) is 1.80. The van der Waals surface area contributed by atoms with Gasteiger partial charge in [-0.05, 0) is 19.3 Å². The molecule has 0 aromatic carbocycles. The van der Waals surface area contributed by atoms with E-state index in [9.17, 15) is 0 Å². The Morgan fingerprint density at radius 1 is 1.50 bits per heavy atom. The van der Waals surface area contributed by atoms with Crippen molar-refractivity contribution in [1.82, 2.24) is 9.97 Å². The molecule has 0 radical (unpaired) electrons. The van der Waals surface area contributed by atoms with Gasteiger partial charge in [-0.1, -0.05) is 6.92 Å². The molecule has 0 bridgehead atoms. The number of ether oxygens (including phenoxy) is 1. The molecule has 1 saturated heterocycles. The van der Waals surface area contributed by atoms with Gasteiger partial charge in [-0.3, -0.25) is 0 Å². The molecule has 1 aliphatic heterocycles. The van der Waals surface area contributed by atoms with Crippen LogP contribution >= 0.6 is 0 Å². The fraction of sp³-hybridized carbons (Fsp3) is 0.667. The summed E-state index contributed by atoms with van der Waals surface area (Å²) in [6.07, 6.45) is 4.39. The van der Waals surface area contributed by atoms with Crippen LogP contribution in [0.4, 0.5) is 5.82 Å². The summed E-state index contributed by atoms with van der Waals surface area (Å²) in [6.45, 7) is 2.99. The van der Waals surface area contributed by atoms with E-state index in [1.54, 1.807) is 0 Å². The average Bonchev–Trinajstić information content (AvgIpc) is 2.81. The summed E-state index contributed by atoms with van der Waals surface area (Å²) in [5, 5.41) is 3.08. The Balaban J connectivity index is 2.12. The van der Waals surface area contributed by atoms with Gasteiger partial charge in [0.15, 0.2) is 0 Å². The van der Waals surface area contributed by atoms with Crippen LogP contribution in [0.5, 0.6) is 0 Å². The summed E-state index contributed by atoms with van der Waals surface area (Å²) >= 11 is 0. The van der Waals surface area contributed by atoms with Crippen LogP contribution in [0, 0.1) is 0 Å². The molecule has 1 fully saturated rings. The molecule has 1 aliphatic rings. The van der Waals surface area contributed by atoms with E-state index in [0.29, 0.717) is 6.10 Å². The average molecular weight is 221 g/mol. The second-order valence-corrected chi connectivity index (χ2v) is 4.10. The maximum atomic E-state index is 5.60. The Kier molecular flexibility index (Phi) is 3.72. The normalized spacial score (nSPS) is 20.0. The Morgan fingerprint density at radius 3 is 3.00 bits per heavy atom. The van der Waals surface area contributed by atoms with Gasteiger partial charge in [-0.2, -0.15) is 0 Å². The molecule has 1 N–H and O–H groups in total. The summed E-state index contributed by atoms with van der Waals surface area (Å²) in [4.78, 5) is 8.99. The highest BCUT2D eigenvalue weighted by atomic mass is 16.5. The van der Waals surface area contributed by atoms with Crippen LogP contribution in [0.1, 0.15) is 31.3 Å². The van der Waals surface area contributed by atoms with Crippen LogP contribution in [0.15, 0.2) is 6.07 Å². The van der Waals surface area contributed by atoms with E-state index in [-0.39, 0.29) is 0 Å². The van der Waals surface area contributed by atoms with Gasteiger partial charge < -0.3 is 10.1 Å². The summed E-state index contributed by atoms with van der Waals surface area (Å²) in [6, 6.07) is 2.00. The van der Waals surface area contributed by atoms with Crippen LogP contribution in [-0.4, -0.2) is 29.7 Å². The van der Waals surface area contributed by atoms with Crippen molar-refractivity contribution in [3.8, 4) is 0 Å². The van der Waals surface area contributed by atoms with Crippen molar-refractivity contribution in [1.29, 1.82) is 0 Å². The van der Waals surface area contributed by atoms with Gasteiger partial charge in [0, 0.05) is 31.8 Å².